The van der Waals surface area contributed by atoms with E-state index in [1.54, 1.807) is 76.0 Å². The Kier molecular flexibility index (Phi) is 12.7. The van der Waals surface area contributed by atoms with Crippen molar-refractivity contribution in [3.8, 4) is 17.1 Å². The van der Waals surface area contributed by atoms with Crippen LogP contribution >= 0.6 is 34.8 Å². The first-order valence-electron chi connectivity index (χ1n) is 26.5. The van der Waals surface area contributed by atoms with Crippen molar-refractivity contribution < 1.29 is 13.3 Å². The number of fused-ring (bicyclic) bond motifs is 9. The number of benzene rings is 6. The fourth-order valence-corrected chi connectivity index (χ4v) is 11.7. The van der Waals surface area contributed by atoms with Gasteiger partial charge in [-0.25, -0.2) is 14.4 Å². The molecule has 0 amide bonds. The average Bonchev–Trinajstić information content (AvgIpc) is 3.91. The molecular formula is C62H46Cl3N11O6. The third kappa shape index (κ3) is 9.26. The van der Waals surface area contributed by atoms with Gasteiger partial charge in [-0.15, -0.1) is 0 Å². The topological polar surface area (TPSA) is 205 Å². The van der Waals surface area contributed by atoms with Gasteiger partial charge in [0.15, 0.2) is 34.2 Å². The summed E-state index contributed by atoms with van der Waals surface area (Å²) in [6, 6.07) is 42.3. The Hall–Kier alpha value is -9.26. The molecule has 0 spiro atoms. The number of aromatic nitrogens is 7. The van der Waals surface area contributed by atoms with Crippen LogP contribution in [0.1, 0.15) is 35.7 Å². The van der Waals surface area contributed by atoms with E-state index in [1.807, 2.05) is 92.7 Å². The fourth-order valence-electron chi connectivity index (χ4n) is 11.2. The fraction of sp³-hybridized carbons (Fsp3) is 0.145. The van der Waals surface area contributed by atoms with Crippen LogP contribution in [0.3, 0.4) is 0 Å². The normalized spacial score (nSPS) is 14.0. The first-order chi connectivity index (χ1) is 39.8. The summed E-state index contributed by atoms with van der Waals surface area (Å²) in [5.74, 6) is 0.867. The van der Waals surface area contributed by atoms with Gasteiger partial charge in [0.05, 0.1) is 17.1 Å². The van der Waals surface area contributed by atoms with Gasteiger partial charge in [0.25, 0.3) is 0 Å². The van der Waals surface area contributed by atoms with Crippen LogP contribution in [-0.2, 0) is 12.8 Å². The molecule has 2 unspecified atom stereocenters. The van der Waals surface area contributed by atoms with E-state index in [0.717, 1.165) is 36.2 Å². The molecule has 1 saturated heterocycles. The second kappa shape index (κ2) is 20.4. The van der Waals surface area contributed by atoms with Crippen molar-refractivity contribution in [2.24, 2.45) is 0 Å². The standard InChI is InChI=1S/C62H46Cl3N11O6/c1-32-6-3-9-42(22-32)74-51-45-27-36(63)12-15-48(45)80-54(51)57(71-60(74)77)68-33(2)23-34-7-4-10-43(25-34)75-52-46-28-37(64)13-16-49(46)81-55(52)58(72-61(75)78)69-39-19-21-67-41(30-39)24-35-8-5-11-44(26-35)76-53-47-29-38(65)14-17-50(47)82-56(53)59(73-62(76)79)70-40-18-20-66-31-40/h3-17,19,21-22,25-30,33,40,66H,18,20,23-24,31H2,1-2H3,(H,68,71,77)(H,70,73,79)(H,67,69,72,78). The highest BCUT2D eigenvalue weighted by Crippen LogP contribution is 2.39. The molecule has 1 aliphatic heterocycles. The highest BCUT2D eigenvalue weighted by atomic mass is 35.5. The number of aryl methyl sites for hydroxylation is 1. The average molecular weight is 1150 g/mol. The van der Waals surface area contributed by atoms with Gasteiger partial charge in [-0.05, 0) is 153 Å². The molecule has 1 fully saturated rings. The summed E-state index contributed by atoms with van der Waals surface area (Å²) in [6.45, 7) is 5.55. The summed E-state index contributed by atoms with van der Waals surface area (Å²) in [4.78, 5) is 61.0. The Labute approximate surface area is 479 Å². The van der Waals surface area contributed by atoms with Crippen molar-refractivity contribution in [3.63, 3.8) is 0 Å². The Morgan fingerprint density at radius 2 is 1.11 bits per heavy atom. The number of hydrogen-bond acceptors (Lipinski definition) is 14. The van der Waals surface area contributed by atoms with E-state index < -0.39 is 17.1 Å². The SMILES string of the molecule is Cc1cccc(-n2c(=O)nc(NC(C)Cc3cccc(-n4c(=O)nc(Nc5ccnc(Cc6cccc(-n7c(=O)nc(NC8CCNC8)c8oc9ccc(Cl)cc9c87)c6)c5)c5oc6ccc(Cl)cc6c54)c3)c3oc4ccc(Cl)cc4c32)c1. The van der Waals surface area contributed by atoms with Gasteiger partial charge >= 0.3 is 17.1 Å². The highest BCUT2D eigenvalue weighted by Gasteiger charge is 2.26. The molecule has 14 rings (SSSR count). The van der Waals surface area contributed by atoms with Crippen LogP contribution in [0.4, 0.5) is 23.1 Å². The van der Waals surface area contributed by atoms with E-state index in [2.05, 4.69) is 36.2 Å². The van der Waals surface area contributed by atoms with Gasteiger partial charge in [-0.1, -0.05) is 71.2 Å². The van der Waals surface area contributed by atoms with Gasteiger partial charge < -0.3 is 34.5 Å². The summed E-state index contributed by atoms with van der Waals surface area (Å²) >= 11 is 19.6. The van der Waals surface area contributed by atoms with E-state index in [9.17, 15) is 14.4 Å². The van der Waals surface area contributed by atoms with Crippen LogP contribution in [0.15, 0.2) is 173 Å². The number of nitrogens with one attached hydrogen (secondary N) is 4. The lowest BCUT2D eigenvalue weighted by Crippen LogP contribution is -2.27. The molecule has 82 heavy (non-hydrogen) atoms. The molecule has 0 saturated carbocycles. The van der Waals surface area contributed by atoms with E-state index in [0.29, 0.717) is 128 Å². The number of anilines is 4. The predicted octanol–water partition coefficient (Wildman–Crippen LogP) is 12.8. The van der Waals surface area contributed by atoms with Gasteiger partial charge in [0.1, 0.15) is 33.3 Å². The number of nitrogens with zero attached hydrogens (tertiary/aromatic N) is 7. The van der Waals surface area contributed by atoms with Crippen LogP contribution in [0.25, 0.3) is 83.3 Å². The van der Waals surface area contributed by atoms with Crippen LogP contribution in [0, 0.1) is 6.92 Å². The zero-order valence-electron chi connectivity index (χ0n) is 43.8. The summed E-state index contributed by atoms with van der Waals surface area (Å²) < 4.78 is 23.9. The van der Waals surface area contributed by atoms with E-state index >= 15 is 0 Å². The van der Waals surface area contributed by atoms with Crippen molar-refractivity contribution in [2.45, 2.75) is 45.2 Å². The lowest BCUT2D eigenvalue weighted by molar-refractivity contribution is 0.661. The van der Waals surface area contributed by atoms with Gasteiger partial charge in [0.2, 0.25) is 0 Å². The van der Waals surface area contributed by atoms with Crippen LogP contribution < -0.4 is 38.3 Å². The lowest BCUT2D eigenvalue weighted by atomic mass is 10.1. The minimum atomic E-state index is -0.566. The smallest absolute Gasteiger partial charge is 0.354 e. The molecule has 6 aromatic carbocycles. The largest absolute Gasteiger partial charge is 0.450 e. The number of halogens is 3. The molecule has 7 aromatic heterocycles. The van der Waals surface area contributed by atoms with Crippen LogP contribution in [-0.4, -0.2) is 58.8 Å². The maximum atomic E-state index is 14.6. The number of pyridine rings is 1. The first kappa shape index (κ1) is 50.9. The molecule has 20 heteroatoms. The van der Waals surface area contributed by atoms with Gasteiger partial charge in [0, 0.05) is 73.9 Å². The number of hydrogen-bond donors (Lipinski definition) is 4. The molecule has 4 N–H and O–H groups in total. The molecule has 0 aliphatic carbocycles. The molecule has 17 nitrogen and oxygen atoms in total. The molecular weight excluding hydrogens is 1100 g/mol. The minimum Gasteiger partial charge on any atom is -0.450 e. The van der Waals surface area contributed by atoms with E-state index in [-0.39, 0.29) is 23.7 Å². The zero-order chi connectivity index (χ0) is 55.9. The third-order valence-corrected chi connectivity index (χ3v) is 15.5. The van der Waals surface area contributed by atoms with Crippen molar-refractivity contribution in [1.82, 2.24) is 39.0 Å². The molecule has 13 aromatic rings. The number of rotatable bonds is 13. The Balaban J connectivity index is 0.764. The Morgan fingerprint density at radius 3 is 1.68 bits per heavy atom. The van der Waals surface area contributed by atoms with Crippen molar-refractivity contribution in [1.29, 1.82) is 0 Å². The van der Waals surface area contributed by atoms with E-state index in [1.165, 1.54) is 4.57 Å². The summed E-state index contributed by atoms with van der Waals surface area (Å²) in [7, 11) is 0. The third-order valence-electron chi connectivity index (χ3n) is 14.8. The summed E-state index contributed by atoms with van der Waals surface area (Å²) in [5, 5.41) is 17.0. The zero-order valence-corrected chi connectivity index (χ0v) is 46.0. The maximum Gasteiger partial charge on any atom is 0.354 e. The maximum absolute atomic E-state index is 14.6. The molecule has 406 valence electrons. The lowest BCUT2D eigenvalue weighted by Gasteiger charge is -2.17. The molecule has 0 bridgehead atoms. The molecule has 0 radical (unpaired) electrons. The quantitative estimate of drug-likeness (QED) is 0.0848. The second-order valence-electron chi connectivity index (χ2n) is 20.6. The number of furan rings is 3. The first-order valence-corrected chi connectivity index (χ1v) is 27.6. The molecule has 8 heterocycles. The monoisotopic (exact) mass is 1150 g/mol. The molecule has 2 atom stereocenters. The van der Waals surface area contributed by atoms with Crippen molar-refractivity contribution in [3.05, 3.63) is 215 Å². The Bertz CT molecular complexity index is 4940. The summed E-state index contributed by atoms with van der Waals surface area (Å²) in [6.07, 6.45) is 3.40. The van der Waals surface area contributed by atoms with Crippen molar-refractivity contribution in [2.75, 3.05) is 29.0 Å². The molecule has 1 aliphatic rings. The second-order valence-corrected chi connectivity index (χ2v) is 21.9. The Morgan fingerprint density at radius 1 is 0.598 bits per heavy atom. The summed E-state index contributed by atoms with van der Waals surface area (Å²) in [5.41, 5.74) is 8.67. The van der Waals surface area contributed by atoms with E-state index in [4.69, 9.17) is 53.0 Å². The van der Waals surface area contributed by atoms with Crippen LogP contribution in [0.2, 0.25) is 15.1 Å². The predicted molar refractivity (Wildman–Crippen MR) is 323 cm³/mol. The van der Waals surface area contributed by atoms with Crippen LogP contribution in [0.5, 0.6) is 0 Å². The highest BCUT2D eigenvalue weighted by molar-refractivity contribution is 6.32. The van der Waals surface area contributed by atoms with Gasteiger partial charge in [-0.2, -0.15) is 15.0 Å². The van der Waals surface area contributed by atoms with Gasteiger partial charge in [-0.3, -0.25) is 18.7 Å². The minimum absolute atomic E-state index is 0.0900. The van der Waals surface area contributed by atoms with Crippen molar-refractivity contribution >= 4 is 124 Å².